The van der Waals surface area contributed by atoms with Gasteiger partial charge in [-0.2, -0.15) is 0 Å². The molecule has 1 aliphatic heterocycles. The fraction of sp³-hybridized carbons (Fsp3) is 0.333. The van der Waals surface area contributed by atoms with E-state index in [1.54, 1.807) is 0 Å². The molecule has 1 amide bonds. The van der Waals surface area contributed by atoms with Gasteiger partial charge in [-0.05, 0) is 12.1 Å². The monoisotopic (exact) mass is 296 g/mol. The van der Waals surface area contributed by atoms with E-state index in [1.165, 1.54) is 48.0 Å². The van der Waals surface area contributed by atoms with Crippen molar-refractivity contribution in [1.29, 1.82) is 0 Å². The van der Waals surface area contributed by atoms with Crippen LogP contribution in [-0.4, -0.2) is 46.5 Å². The fourth-order valence-corrected chi connectivity index (χ4v) is 3.00. The molecule has 0 N–H and O–H groups in total. The molecule has 2 rings (SSSR count). The van der Waals surface area contributed by atoms with Gasteiger partial charge in [0.25, 0.3) is 11.6 Å². The summed E-state index contributed by atoms with van der Waals surface area (Å²) >= 11 is 1.34. The molecule has 1 heterocycles. The Morgan fingerprint density at radius 3 is 2.60 bits per heavy atom. The summed E-state index contributed by atoms with van der Waals surface area (Å²) in [5.74, 6) is -0.151. The van der Waals surface area contributed by atoms with E-state index in [9.17, 15) is 19.7 Å². The van der Waals surface area contributed by atoms with E-state index in [0.717, 1.165) is 0 Å². The normalized spacial score (nSPS) is 17.9. The second-order valence-electron chi connectivity index (χ2n) is 4.05. The molecule has 0 radical (unpaired) electrons. The molecular weight excluding hydrogens is 284 g/mol. The topological polar surface area (TPSA) is 89.8 Å². The number of hydrogen-bond acceptors (Lipinski definition) is 6. The first-order valence-electron chi connectivity index (χ1n) is 5.79. The number of nitro groups is 1. The first kappa shape index (κ1) is 14.3. The Balaban J connectivity index is 2.18. The summed E-state index contributed by atoms with van der Waals surface area (Å²) in [7, 11) is 1.27. The molecule has 7 nitrogen and oxygen atoms in total. The van der Waals surface area contributed by atoms with Crippen LogP contribution in [0, 0.1) is 10.1 Å². The minimum Gasteiger partial charge on any atom is -0.467 e. The van der Waals surface area contributed by atoms with E-state index < -0.39 is 16.3 Å². The van der Waals surface area contributed by atoms with Crippen LogP contribution in [0.15, 0.2) is 24.3 Å². The van der Waals surface area contributed by atoms with Crippen LogP contribution in [0.25, 0.3) is 0 Å². The van der Waals surface area contributed by atoms with E-state index in [4.69, 9.17) is 0 Å². The number of non-ortho nitro benzene ring substituents is 1. The molecule has 0 bridgehead atoms. The van der Waals surface area contributed by atoms with Crippen molar-refractivity contribution in [3.8, 4) is 0 Å². The van der Waals surface area contributed by atoms with Gasteiger partial charge < -0.3 is 9.64 Å². The molecule has 1 fully saturated rings. The van der Waals surface area contributed by atoms with E-state index in [1.807, 2.05) is 0 Å². The highest BCUT2D eigenvalue weighted by atomic mass is 32.2. The number of rotatable bonds is 3. The Hall–Kier alpha value is -2.09. The predicted molar refractivity (Wildman–Crippen MR) is 72.4 cm³/mol. The summed E-state index contributed by atoms with van der Waals surface area (Å²) in [5.41, 5.74) is 0.230. The highest BCUT2D eigenvalue weighted by molar-refractivity contribution is 8.00. The lowest BCUT2D eigenvalue weighted by Gasteiger charge is -2.21. The summed E-state index contributed by atoms with van der Waals surface area (Å²) in [6, 6.07) is 5.31. The smallest absolute Gasteiger partial charge is 0.339 e. The highest BCUT2D eigenvalue weighted by Crippen LogP contribution is 2.26. The number of thioether (sulfide) groups is 1. The zero-order chi connectivity index (χ0) is 14.7. The van der Waals surface area contributed by atoms with Crippen molar-refractivity contribution in [2.45, 2.75) is 5.37 Å². The standard InChI is InChI=1S/C12H12N2O5S/c1-19-12(16)11-13(6-7-20-11)10(15)8-2-4-9(5-3-8)14(17)18/h2-5,11H,6-7H2,1H3/t11-/m0/s1. The number of amides is 1. The molecule has 1 atom stereocenters. The third-order valence-corrected chi connectivity index (χ3v) is 4.06. The van der Waals surface area contributed by atoms with Gasteiger partial charge in [0.1, 0.15) is 0 Å². The molecule has 0 saturated carbocycles. The van der Waals surface area contributed by atoms with Crippen molar-refractivity contribution < 1.29 is 19.2 Å². The van der Waals surface area contributed by atoms with Gasteiger partial charge in [0, 0.05) is 30.0 Å². The Morgan fingerprint density at radius 1 is 1.40 bits per heavy atom. The Bertz CT molecular complexity index is 545. The van der Waals surface area contributed by atoms with Crippen LogP contribution in [0.4, 0.5) is 5.69 Å². The van der Waals surface area contributed by atoms with Crippen molar-refractivity contribution in [1.82, 2.24) is 4.90 Å². The lowest BCUT2D eigenvalue weighted by molar-refractivity contribution is -0.384. The van der Waals surface area contributed by atoms with Gasteiger partial charge in [0.15, 0.2) is 5.37 Å². The Labute approximate surface area is 119 Å². The van der Waals surface area contributed by atoms with Crippen molar-refractivity contribution in [3.63, 3.8) is 0 Å². The number of esters is 1. The maximum atomic E-state index is 12.3. The molecule has 20 heavy (non-hydrogen) atoms. The summed E-state index contributed by atoms with van der Waals surface area (Å²) < 4.78 is 4.66. The van der Waals surface area contributed by atoms with Crippen LogP contribution in [0.1, 0.15) is 10.4 Å². The van der Waals surface area contributed by atoms with E-state index in [-0.39, 0.29) is 11.6 Å². The third-order valence-electron chi connectivity index (χ3n) is 2.88. The van der Waals surface area contributed by atoms with Gasteiger partial charge in [-0.3, -0.25) is 14.9 Å². The molecule has 1 aromatic carbocycles. The van der Waals surface area contributed by atoms with Crippen molar-refractivity contribution in [3.05, 3.63) is 39.9 Å². The number of hydrogen-bond donors (Lipinski definition) is 0. The molecule has 0 unspecified atom stereocenters. The lowest BCUT2D eigenvalue weighted by atomic mass is 10.2. The van der Waals surface area contributed by atoms with Crippen molar-refractivity contribution >= 4 is 29.3 Å². The minimum absolute atomic E-state index is 0.0816. The number of carbonyl (C=O) groups excluding carboxylic acids is 2. The van der Waals surface area contributed by atoms with Gasteiger partial charge in [0.2, 0.25) is 0 Å². The molecule has 1 aliphatic rings. The number of ether oxygens (including phenoxy) is 1. The summed E-state index contributed by atoms with van der Waals surface area (Å²) in [6.45, 7) is 0.445. The van der Waals surface area contributed by atoms with Crippen LogP contribution in [0.2, 0.25) is 0 Å². The maximum absolute atomic E-state index is 12.3. The fourth-order valence-electron chi connectivity index (χ4n) is 1.87. The average Bonchev–Trinajstić information content (AvgIpc) is 2.95. The van der Waals surface area contributed by atoms with Gasteiger partial charge >= 0.3 is 5.97 Å². The lowest BCUT2D eigenvalue weighted by Crippen LogP contribution is -2.40. The molecule has 106 valence electrons. The number of benzene rings is 1. The van der Waals surface area contributed by atoms with Crippen LogP contribution >= 0.6 is 11.8 Å². The quantitative estimate of drug-likeness (QED) is 0.474. The minimum atomic E-state index is -0.650. The van der Waals surface area contributed by atoms with Crippen LogP contribution in [0.5, 0.6) is 0 Å². The van der Waals surface area contributed by atoms with Gasteiger partial charge in [-0.15, -0.1) is 11.8 Å². The van der Waals surface area contributed by atoms with Crippen LogP contribution in [0.3, 0.4) is 0 Å². The summed E-state index contributed by atoms with van der Waals surface area (Å²) in [6.07, 6.45) is 0. The first-order chi connectivity index (χ1) is 9.54. The Kier molecular flexibility index (Phi) is 4.23. The molecule has 1 aromatic rings. The van der Waals surface area contributed by atoms with E-state index in [0.29, 0.717) is 17.9 Å². The van der Waals surface area contributed by atoms with Gasteiger partial charge in [-0.1, -0.05) is 0 Å². The number of methoxy groups -OCH3 is 1. The zero-order valence-electron chi connectivity index (χ0n) is 10.6. The summed E-state index contributed by atoms with van der Waals surface area (Å²) in [4.78, 5) is 35.3. The Morgan fingerprint density at radius 2 is 2.05 bits per heavy atom. The molecule has 8 heteroatoms. The van der Waals surface area contributed by atoms with Gasteiger partial charge in [-0.25, -0.2) is 4.79 Å². The predicted octanol–water partition coefficient (Wildman–Crippen LogP) is 1.28. The largest absolute Gasteiger partial charge is 0.467 e. The second-order valence-corrected chi connectivity index (χ2v) is 5.24. The number of nitro benzene ring substituents is 1. The number of carbonyl (C=O) groups is 2. The highest BCUT2D eigenvalue weighted by Gasteiger charge is 2.36. The second kappa shape index (κ2) is 5.91. The van der Waals surface area contributed by atoms with E-state index in [2.05, 4.69) is 4.74 Å². The van der Waals surface area contributed by atoms with E-state index >= 15 is 0 Å². The summed E-state index contributed by atoms with van der Waals surface area (Å²) in [5, 5.41) is 9.91. The molecule has 1 saturated heterocycles. The molecule has 0 aliphatic carbocycles. The van der Waals surface area contributed by atoms with Crippen LogP contribution in [-0.2, 0) is 9.53 Å². The first-order valence-corrected chi connectivity index (χ1v) is 6.84. The zero-order valence-corrected chi connectivity index (χ0v) is 11.5. The van der Waals surface area contributed by atoms with Crippen LogP contribution < -0.4 is 0 Å². The number of nitrogens with zero attached hydrogens (tertiary/aromatic N) is 2. The SMILES string of the molecule is COC(=O)[C@@H]1SCCN1C(=O)c1ccc([N+](=O)[O-])cc1. The molecule has 0 aromatic heterocycles. The average molecular weight is 296 g/mol. The van der Waals surface area contributed by atoms with Crippen molar-refractivity contribution in [2.75, 3.05) is 19.4 Å². The van der Waals surface area contributed by atoms with Gasteiger partial charge in [0.05, 0.1) is 12.0 Å². The molecule has 0 spiro atoms. The van der Waals surface area contributed by atoms with Crippen molar-refractivity contribution in [2.24, 2.45) is 0 Å². The maximum Gasteiger partial charge on any atom is 0.339 e. The third kappa shape index (κ3) is 2.74. The molecular formula is C12H12N2O5S.